The standard InChI is InChI=1S/C13H16O6S/c1-9(2)19-12(14)8-18-13(15)10-6-4-5-7-11(10)20(3,16)17/h4-7,9H,8H2,1-3H3. The number of rotatable bonds is 5. The molecule has 1 aromatic rings. The molecule has 0 aliphatic rings. The summed E-state index contributed by atoms with van der Waals surface area (Å²) in [5.41, 5.74) is -0.104. The molecule has 1 rings (SSSR count). The minimum atomic E-state index is -3.55. The van der Waals surface area contributed by atoms with E-state index >= 15 is 0 Å². The minimum Gasteiger partial charge on any atom is -0.460 e. The summed E-state index contributed by atoms with van der Waals surface area (Å²) in [7, 11) is -3.55. The molecule has 0 saturated carbocycles. The van der Waals surface area contributed by atoms with Gasteiger partial charge in [-0.15, -0.1) is 0 Å². The Morgan fingerprint density at radius 1 is 1.20 bits per heavy atom. The molecule has 0 N–H and O–H groups in total. The lowest BCUT2D eigenvalue weighted by atomic mass is 10.2. The Hall–Kier alpha value is -1.89. The van der Waals surface area contributed by atoms with Gasteiger partial charge in [-0.2, -0.15) is 0 Å². The highest BCUT2D eigenvalue weighted by atomic mass is 32.2. The van der Waals surface area contributed by atoms with Crippen LogP contribution in [0.2, 0.25) is 0 Å². The second-order valence-corrected chi connectivity index (χ2v) is 6.37. The Morgan fingerprint density at radius 2 is 1.80 bits per heavy atom. The SMILES string of the molecule is CC(C)OC(=O)COC(=O)c1ccccc1S(C)(=O)=O. The largest absolute Gasteiger partial charge is 0.460 e. The monoisotopic (exact) mass is 300 g/mol. The molecule has 0 amide bonds. The summed E-state index contributed by atoms with van der Waals surface area (Å²) in [6.07, 6.45) is 0.677. The van der Waals surface area contributed by atoms with Gasteiger partial charge in [0.05, 0.1) is 16.6 Å². The smallest absolute Gasteiger partial charge is 0.344 e. The molecule has 0 atom stereocenters. The summed E-state index contributed by atoms with van der Waals surface area (Å²) in [5.74, 6) is -1.57. The van der Waals surface area contributed by atoms with Crippen molar-refractivity contribution in [2.75, 3.05) is 12.9 Å². The van der Waals surface area contributed by atoms with Gasteiger partial charge < -0.3 is 9.47 Å². The molecule has 6 nitrogen and oxygen atoms in total. The lowest BCUT2D eigenvalue weighted by Gasteiger charge is -2.10. The van der Waals surface area contributed by atoms with Gasteiger partial charge in [0.25, 0.3) is 0 Å². The van der Waals surface area contributed by atoms with E-state index < -0.39 is 28.4 Å². The van der Waals surface area contributed by atoms with Crippen molar-refractivity contribution in [1.29, 1.82) is 0 Å². The van der Waals surface area contributed by atoms with Crippen LogP contribution >= 0.6 is 0 Å². The van der Waals surface area contributed by atoms with Crippen molar-refractivity contribution in [3.05, 3.63) is 29.8 Å². The van der Waals surface area contributed by atoms with Crippen molar-refractivity contribution in [3.8, 4) is 0 Å². The van der Waals surface area contributed by atoms with Crippen molar-refractivity contribution >= 4 is 21.8 Å². The number of benzene rings is 1. The van der Waals surface area contributed by atoms with Gasteiger partial charge in [-0.25, -0.2) is 18.0 Å². The Kier molecular flexibility index (Phi) is 5.26. The van der Waals surface area contributed by atoms with Gasteiger partial charge >= 0.3 is 11.9 Å². The lowest BCUT2D eigenvalue weighted by Crippen LogP contribution is -2.20. The average molecular weight is 300 g/mol. The van der Waals surface area contributed by atoms with Crippen molar-refractivity contribution in [3.63, 3.8) is 0 Å². The van der Waals surface area contributed by atoms with Crippen LogP contribution in [0.25, 0.3) is 0 Å². The maximum absolute atomic E-state index is 11.8. The molecule has 7 heteroatoms. The van der Waals surface area contributed by atoms with Crippen LogP contribution in [0.3, 0.4) is 0 Å². The van der Waals surface area contributed by atoms with Gasteiger partial charge in [0, 0.05) is 6.26 Å². The minimum absolute atomic E-state index is 0.104. The van der Waals surface area contributed by atoms with E-state index in [0.29, 0.717) is 0 Å². The molecular weight excluding hydrogens is 284 g/mol. The van der Waals surface area contributed by atoms with Crippen LogP contribution in [0.15, 0.2) is 29.2 Å². The summed E-state index contributed by atoms with van der Waals surface area (Å²) in [4.78, 5) is 22.9. The second-order valence-electron chi connectivity index (χ2n) is 4.38. The van der Waals surface area contributed by atoms with E-state index in [9.17, 15) is 18.0 Å². The molecule has 0 heterocycles. The molecule has 0 saturated heterocycles. The van der Waals surface area contributed by atoms with Crippen molar-refractivity contribution in [2.24, 2.45) is 0 Å². The van der Waals surface area contributed by atoms with Gasteiger partial charge in [-0.3, -0.25) is 0 Å². The summed E-state index contributed by atoms with van der Waals surface area (Å²) in [6, 6.07) is 5.64. The van der Waals surface area contributed by atoms with Gasteiger partial charge in [-0.1, -0.05) is 12.1 Å². The van der Waals surface area contributed by atoms with Gasteiger partial charge in [-0.05, 0) is 26.0 Å². The summed E-state index contributed by atoms with van der Waals surface area (Å²) >= 11 is 0. The number of sulfone groups is 1. The van der Waals surface area contributed by atoms with Crippen LogP contribution in [0.1, 0.15) is 24.2 Å². The van der Waals surface area contributed by atoms with Gasteiger partial charge in [0.15, 0.2) is 16.4 Å². The zero-order valence-electron chi connectivity index (χ0n) is 11.5. The zero-order valence-corrected chi connectivity index (χ0v) is 12.3. The molecule has 0 spiro atoms. The van der Waals surface area contributed by atoms with Crippen LogP contribution in [-0.4, -0.2) is 39.3 Å². The highest BCUT2D eigenvalue weighted by Gasteiger charge is 2.20. The number of hydrogen-bond donors (Lipinski definition) is 0. The molecule has 0 aliphatic carbocycles. The number of ether oxygens (including phenoxy) is 2. The molecule has 20 heavy (non-hydrogen) atoms. The third-order valence-electron chi connectivity index (χ3n) is 2.19. The van der Waals surface area contributed by atoms with Gasteiger partial charge in [0.1, 0.15) is 0 Å². The molecule has 0 aromatic heterocycles. The third kappa shape index (κ3) is 4.65. The first-order chi connectivity index (χ1) is 9.21. The first-order valence-electron chi connectivity index (χ1n) is 5.87. The molecule has 0 radical (unpaired) electrons. The van der Waals surface area contributed by atoms with E-state index in [2.05, 4.69) is 0 Å². The van der Waals surface area contributed by atoms with E-state index in [1.165, 1.54) is 24.3 Å². The normalized spacial score (nSPS) is 11.2. The average Bonchev–Trinajstić information content (AvgIpc) is 2.34. The summed E-state index contributed by atoms with van der Waals surface area (Å²) < 4.78 is 32.6. The predicted octanol–water partition coefficient (Wildman–Crippen LogP) is 1.20. The third-order valence-corrected chi connectivity index (χ3v) is 3.35. The van der Waals surface area contributed by atoms with Crippen molar-refractivity contribution < 1.29 is 27.5 Å². The van der Waals surface area contributed by atoms with E-state index in [0.717, 1.165) is 6.26 Å². The molecule has 0 bridgehead atoms. The molecule has 0 unspecified atom stereocenters. The number of carbonyl (C=O) groups excluding carboxylic acids is 2. The van der Waals surface area contributed by atoms with E-state index in [1.54, 1.807) is 13.8 Å². The Morgan fingerprint density at radius 3 is 2.35 bits per heavy atom. The fourth-order valence-corrected chi connectivity index (χ4v) is 2.33. The predicted molar refractivity (Wildman–Crippen MR) is 71.1 cm³/mol. The summed E-state index contributed by atoms with van der Waals surface area (Å²) in [5, 5.41) is 0. The molecule has 0 aliphatic heterocycles. The number of esters is 2. The van der Waals surface area contributed by atoms with Crippen LogP contribution in [0.5, 0.6) is 0 Å². The van der Waals surface area contributed by atoms with Gasteiger partial charge in [0.2, 0.25) is 0 Å². The Bertz CT molecular complexity index is 603. The van der Waals surface area contributed by atoms with E-state index in [1.807, 2.05) is 0 Å². The van der Waals surface area contributed by atoms with Crippen LogP contribution in [-0.2, 0) is 24.1 Å². The quantitative estimate of drug-likeness (QED) is 0.759. The lowest BCUT2D eigenvalue weighted by molar-refractivity contribution is -0.150. The van der Waals surface area contributed by atoms with Crippen LogP contribution in [0, 0.1) is 0 Å². The first kappa shape index (κ1) is 16.2. The maximum Gasteiger partial charge on any atom is 0.344 e. The summed E-state index contributed by atoms with van der Waals surface area (Å²) in [6.45, 7) is 2.77. The van der Waals surface area contributed by atoms with Crippen molar-refractivity contribution in [1.82, 2.24) is 0 Å². The Labute approximate surface area is 117 Å². The molecular formula is C13H16O6S. The first-order valence-corrected chi connectivity index (χ1v) is 7.76. The second kappa shape index (κ2) is 6.51. The molecule has 0 fully saturated rings. The highest BCUT2D eigenvalue weighted by Crippen LogP contribution is 2.16. The van der Waals surface area contributed by atoms with Crippen LogP contribution in [0.4, 0.5) is 0 Å². The Balaban J connectivity index is 2.82. The van der Waals surface area contributed by atoms with Crippen molar-refractivity contribution in [2.45, 2.75) is 24.8 Å². The van der Waals surface area contributed by atoms with E-state index in [-0.39, 0.29) is 16.6 Å². The van der Waals surface area contributed by atoms with Crippen LogP contribution < -0.4 is 0 Å². The maximum atomic E-state index is 11.8. The fourth-order valence-electron chi connectivity index (χ4n) is 1.46. The molecule has 110 valence electrons. The molecule has 1 aromatic carbocycles. The zero-order chi connectivity index (χ0) is 15.3. The van der Waals surface area contributed by atoms with E-state index in [4.69, 9.17) is 9.47 Å². The number of hydrogen-bond acceptors (Lipinski definition) is 6. The highest BCUT2D eigenvalue weighted by molar-refractivity contribution is 7.90. The number of carbonyl (C=O) groups is 2. The fraction of sp³-hybridized carbons (Fsp3) is 0.385. The topological polar surface area (TPSA) is 86.7 Å².